The van der Waals surface area contributed by atoms with Gasteiger partial charge in [0.1, 0.15) is 5.82 Å². The molecule has 1 aromatic carbocycles. The largest absolute Gasteiger partial charge is 0.319 e. The molecule has 0 aliphatic carbocycles. The molecule has 0 aliphatic rings. The van der Waals surface area contributed by atoms with E-state index in [9.17, 15) is 4.39 Å². The lowest BCUT2D eigenvalue weighted by molar-refractivity contribution is 0.494. The van der Waals surface area contributed by atoms with Gasteiger partial charge in [-0.15, -0.1) is 0 Å². The Balaban J connectivity index is 2.56. The maximum atomic E-state index is 13.9. The number of rotatable bonds is 3. The zero-order chi connectivity index (χ0) is 14.2. The minimum Gasteiger partial charge on any atom is -0.319 e. The van der Waals surface area contributed by atoms with Crippen molar-refractivity contribution in [3.05, 3.63) is 51.5 Å². The van der Waals surface area contributed by atoms with Gasteiger partial charge in [0.2, 0.25) is 0 Å². The van der Waals surface area contributed by atoms with E-state index in [1.807, 2.05) is 13.8 Å². The quantitative estimate of drug-likeness (QED) is 0.932. The second-order valence-electron chi connectivity index (χ2n) is 4.53. The number of aromatic nitrogens is 2. The maximum absolute atomic E-state index is 13.9. The molecule has 1 heterocycles. The Bertz CT molecular complexity index is 575. The Morgan fingerprint density at radius 3 is 2.53 bits per heavy atom. The lowest BCUT2D eigenvalue weighted by atomic mass is 10.0. The number of halogens is 3. The topological polar surface area (TPSA) is 43.8 Å². The maximum Gasteiger partial charge on any atom is 0.129 e. The Labute approximate surface area is 121 Å². The average Bonchev–Trinajstić information content (AvgIpc) is 2.70. The minimum absolute atomic E-state index is 0.0686. The molecule has 1 atom stereocenters. The summed E-state index contributed by atoms with van der Waals surface area (Å²) in [6.07, 6.45) is 1.51. The lowest BCUT2D eigenvalue weighted by Gasteiger charge is -2.19. The van der Waals surface area contributed by atoms with Crippen LogP contribution in [0.25, 0.3) is 0 Å². The molecular weight excluding hydrogens is 288 g/mol. The van der Waals surface area contributed by atoms with Crippen molar-refractivity contribution in [2.75, 3.05) is 0 Å². The summed E-state index contributed by atoms with van der Waals surface area (Å²) in [6, 6.07) is 3.77. The van der Waals surface area contributed by atoms with Crippen molar-refractivity contribution in [3.63, 3.8) is 0 Å². The van der Waals surface area contributed by atoms with Crippen LogP contribution in [0, 0.1) is 5.82 Å². The molecule has 0 fully saturated rings. The summed E-state index contributed by atoms with van der Waals surface area (Å²) in [6.45, 7) is 3.89. The van der Waals surface area contributed by atoms with E-state index in [1.54, 1.807) is 10.7 Å². The van der Waals surface area contributed by atoms with Crippen molar-refractivity contribution in [1.82, 2.24) is 9.78 Å². The Morgan fingerprint density at radius 1 is 1.26 bits per heavy atom. The zero-order valence-corrected chi connectivity index (χ0v) is 12.1. The first kappa shape index (κ1) is 14.3. The molecule has 2 aromatic rings. The molecule has 0 amide bonds. The van der Waals surface area contributed by atoms with Crippen LogP contribution in [0.1, 0.15) is 37.2 Å². The smallest absolute Gasteiger partial charge is 0.129 e. The van der Waals surface area contributed by atoms with Crippen molar-refractivity contribution in [3.8, 4) is 0 Å². The molecular formula is C13H14Cl2FN3. The molecule has 0 saturated carbocycles. The van der Waals surface area contributed by atoms with E-state index in [-0.39, 0.29) is 16.6 Å². The summed E-state index contributed by atoms with van der Waals surface area (Å²) < 4.78 is 15.6. The van der Waals surface area contributed by atoms with Gasteiger partial charge in [-0.2, -0.15) is 5.10 Å². The summed E-state index contributed by atoms with van der Waals surface area (Å²) in [7, 11) is 0. The number of nitrogens with zero attached hydrogens (tertiary/aromatic N) is 2. The van der Waals surface area contributed by atoms with Gasteiger partial charge in [-0.05, 0) is 26.0 Å². The van der Waals surface area contributed by atoms with E-state index in [1.165, 1.54) is 18.3 Å². The Morgan fingerprint density at radius 2 is 1.95 bits per heavy atom. The predicted octanol–water partition coefficient (Wildman–Crippen LogP) is 3.96. The minimum atomic E-state index is -0.758. The van der Waals surface area contributed by atoms with Crippen molar-refractivity contribution in [2.24, 2.45) is 5.73 Å². The first-order valence-corrected chi connectivity index (χ1v) is 6.61. The fraction of sp³-hybridized carbons (Fsp3) is 0.308. The highest BCUT2D eigenvalue weighted by molar-refractivity contribution is 6.32. The third-order valence-electron chi connectivity index (χ3n) is 2.88. The van der Waals surface area contributed by atoms with Crippen LogP contribution in [0.5, 0.6) is 0 Å². The van der Waals surface area contributed by atoms with E-state index >= 15 is 0 Å². The van der Waals surface area contributed by atoms with Gasteiger partial charge in [0.25, 0.3) is 0 Å². The summed E-state index contributed by atoms with van der Waals surface area (Å²) in [5, 5.41) is 4.84. The third-order valence-corrected chi connectivity index (χ3v) is 3.50. The monoisotopic (exact) mass is 301 g/mol. The van der Waals surface area contributed by atoms with Gasteiger partial charge >= 0.3 is 0 Å². The van der Waals surface area contributed by atoms with E-state index in [0.29, 0.717) is 10.7 Å². The lowest BCUT2D eigenvalue weighted by Crippen LogP contribution is -2.20. The molecule has 2 N–H and O–H groups in total. The molecule has 0 aliphatic heterocycles. The fourth-order valence-corrected chi connectivity index (χ4v) is 2.53. The van der Waals surface area contributed by atoms with Crippen LogP contribution in [0.2, 0.25) is 10.0 Å². The van der Waals surface area contributed by atoms with Crippen LogP contribution in [0.4, 0.5) is 4.39 Å². The van der Waals surface area contributed by atoms with Crippen molar-refractivity contribution in [1.29, 1.82) is 0 Å². The standard InChI is InChI=1S/C13H14Cl2FN3/c1-7(2)19-13(9(15)6-18-19)12(17)11-8(14)4-3-5-10(11)16/h3-7,12H,17H2,1-2H3. The van der Waals surface area contributed by atoms with Crippen LogP contribution in [-0.2, 0) is 0 Å². The van der Waals surface area contributed by atoms with Gasteiger partial charge in [0.15, 0.2) is 0 Å². The number of hydrogen-bond donors (Lipinski definition) is 1. The van der Waals surface area contributed by atoms with Crippen molar-refractivity contribution >= 4 is 23.2 Å². The highest BCUT2D eigenvalue weighted by Gasteiger charge is 2.24. The summed E-state index contributed by atoms with van der Waals surface area (Å²) in [5.41, 5.74) is 6.92. The molecule has 2 rings (SSSR count). The summed E-state index contributed by atoms with van der Waals surface area (Å²) >= 11 is 12.1. The van der Waals surface area contributed by atoms with Crippen LogP contribution in [-0.4, -0.2) is 9.78 Å². The van der Waals surface area contributed by atoms with Gasteiger partial charge in [-0.25, -0.2) is 4.39 Å². The van der Waals surface area contributed by atoms with Gasteiger partial charge in [-0.1, -0.05) is 29.3 Å². The van der Waals surface area contributed by atoms with Crippen LogP contribution in [0.15, 0.2) is 24.4 Å². The van der Waals surface area contributed by atoms with E-state index < -0.39 is 11.9 Å². The van der Waals surface area contributed by atoms with Gasteiger partial charge in [-0.3, -0.25) is 4.68 Å². The first-order valence-electron chi connectivity index (χ1n) is 5.86. The van der Waals surface area contributed by atoms with Gasteiger partial charge in [0.05, 0.1) is 23.0 Å². The van der Waals surface area contributed by atoms with Crippen LogP contribution >= 0.6 is 23.2 Å². The second-order valence-corrected chi connectivity index (χ2v) is 5.34. The molecule has 1 aromatic heterocycles. The molecule has 1 unspecified atom stereocenters. The molecule has 0 radical (unpaired) electrons. The molecule has 0 spiro atoms. The molecule has 6 heteroatoms. The highest BCUT2D eigenvalue weighted by Crippen LogP contribution is 2.33. The molecule has 0 saturated heterocycles. The normalized spacial score (nSPS) is 13.0. The highest BCUT2D eigenvalue weighted by atomic mass is 35.5. The van der Waals surface area contributed by atoms with E-state index in [0.717, 1.165) is 0 Å². The number of nitrogens with two attached hydrogens (primary N) is 1. The van der Waals surface area contributed by atoms with Crippen LogP contribution < -0.4 is 5.73 Å². The molecule has 3 nitrogen and oxygen atoms in total. The summed E-state index contributed by atoms with van der Waals surface area (Å²) in [4.78, 5) is 0. The Hall–Kier alpha value is -1.10. The fourth-order valence-electron chi connectivity index (χ4n) is 2.00. The number of hydrogen-bond acceptors (Lipinski definition) is 2. The number of benzene rings is 1. The molecule has 102 valence electrons. The summed E-state index contributed by atoms with van der Waals surface area (Å²) in [5.74, 6) is -0.451. The second kappa shape index (κ2) is 5.49. The first-order chi connectivity index (χ1) is 8.93. The van der Waals surface area contributed by atoms with Crippen LogP contribution in [0.3, 0.4) is 0 Å². The van der Waals surface area contributed by atoms with Crippen molar-refractivity contribution in [2.45, 2.75) is 25.9 Å². The van der Waals surface area contributed by atoms with Gasteiger partial charge in [0, 0.05) is 16.6 Å². The average molecular weight is 302 g/mol. The molecule has 0 bridgehead atoms. The zero-order valence-electron chi connectivity index (χ0n) is 10.6. The van der Waals surface area contributed by atoms with E-state index in [4.69, 9.17) is 28.9 Å². The van der Waals surface area contributed by atoms with Gasteiger partial charge < -0.3 is 5.73 Å². The van der Waals surface area contributed by atoms with Crippen molar-refractivity contribution < 1.29 is 4.39 Å². The third kappa shape index (κ3) is 2.61. The SMILES string of the molecule is CC(C)n1ncc(Cl)c1C(N)c1c(F)cccc1Cl. The Kier molecular flexibility index (Phi) is 4.13. The predicted molar refractivity (Wildman–Crippen MR) is 75.1 cm³/mol. The van der Waals surface area contributed by atoms with E-state index in [2.05, 4.69) is 5.10 Å². The molecule has 19 heavy (non-hydrogen) atoms.